The van der Waals surface area contributed by atoms with E-state index in [-0.39, 0.29) is 18.6 Å². The highest BCUT2D eigenvalue weighted by molar-refractivity contribution is 5.83. The van der Waals surface area contributed by atoms with Crippen LogP contribution in [0, 0.1) is 5.41 Å². The molecule has 0 aliphatic rings. The molecule has 11 heavy (non-hydrogen) atoms. The molecule has 66 valence electrons. The third kappa shape index (κ3) is 4.87. The molecule has 0 radical (unpaired) electrons. The van der Waals surface area contributed by atoms with Gasteiger partial charge in [0.2, 0.25) is 6.43 Å². The standard InChI is InChI=1S/C8H14F2O/c1-8(2,3)6(11)4-5-7(9)10/h7H,4-5H2,1-3H3. The summed E-state index contributed by atoms with van der Waals surface area (Å²) in [6, 6.07) is 0. The molecule has 0 fully saturated rings. The van der Waals surface area contributed by atoms with Crippen LogP contribution in [0.15, 0.2) is 0 Å². The number of rotatable bonds is 3. The molecule has 0 saturated carbocycles. The summed E-state index contributed by atoms with van der Waals surface area (Å²) in [7, 11) is 0. The molecule has 0 aliphatic carbocycles. The molecule has 0 aromatic carbocycles. The Morgan fingerprint density at radius 3 is 2.09 bits per heavy atom. The van der Waals surface area contributed by atoms with Gasteiger partial charge in [-0.15, -0.1) is 0 Å². The smallest absolute Gasteiger partial charge is 0.239 e. The lowest BCUT2D eigenvalue weighted by Gasteiger charge is -2.15. The minimum atomic E-state index is -2.36. The van der Waals surface area contributed by atoms with E-state index >= 15 is 0 Å². The summed E-state index contributed by atoms with van der Waals surface area (Å²) in [5, 5.41) is 0. The van der Waals surface area contributed by atoms with Crippen molar-refractivity contribution in [3.8, 4) is 0 Å². The zero-order chi connectivity index (χ0) is 9.07. The van der Waals surface area contributed by atoms with Crippen LogP contribution in [0.1, 0.15) is 33.6 Å². The average Bonchev–Trinajstić information content (AvgIpc) is 1.80. The Bertz CT molecular complexity index is 136. The molecule has 0 aliphatic heterocycles. The summed E-state index contributed by atoms with van der Waals surface area (Å²) in [4.78, 5) is 11.0. The van der Waals surface area contributed by atoms with Crippen molar-refractivity contribution in [1.82, 2.24) is 0 Å². The van der Waals surface area contributed by atoms with Crippen LogP contribution in [0.25, 0.3) is 0 Å². The lowest BCUT2D eigenvalue weighted by molar-refractivity contribution is -0.127. The monoisotopic (exact) mass is 164 g/mol. The lowest BCUT2D eigenvalue weighted by atomic mass is 9.88. The number of alkyl halides is 2. The Hall–Kier alpha value is -0.470. The van der Waals surface area contributed by atoms with Gasteiger partial charge < -0.3 is 0 Å². The second kappa shape index (κ2) is 3.79. The van der Waals surface area contributed by atoms with Crippen LogP contribution >= 0.6 is 0 Å². The van der Waals surface area contributed by atoms with E-state index in [0.717, 1.165) is 0 Å². The average molecular weight is 164 g/mol. The highest BCUT2D eigenvalue weighted by Gasteiger charge is 2.21. The molecule has 0 aromatic rings. The molecule has 0 heterocycles. The van der Waals surface area contributed by atoms with E-state index in [1.54, 1.807) is 20.8 Å². The Balaban J connectivity index is 3.71. The number of ketones is 1. The van der Waals surface area contributed by atoms with Crippen molar-refractivity contribution in [2.45, 2.75) is 40.0 Å². The van der Waals surface area contributed by atoms with Crippen molar-refractivity contribution in [3.63, 3.8) is 0 Å². The minimum Gasteiger partial charge on any atom is -0.299 e. The van der Waals surface area contributed by atoms with E-state index in [0.29, 0.717) is 0 Å². The number of Topliss-reactive ketones (excluding diaryl/α,β-unsaturated/α-hetero) is 1. The van der Waals surface area contributed by atoms with E-state index in [4.69, 9.17) is 0 Å². The molecule has 0 N–H and O–H groups in total. The van der Waals surface area contributed by atoms with Crippen LogP contribution in [0.4, 0.5) is 8.78 Å². The van der Waals surface area contributed by atoms with Gasteiger partial charge in [-0.3, -0.25) is 4.79 Å². The van der Waals surface area contributed by atoms with E-state index < -0.39 is 11.8 Å². The minimum absolute atomic E-state index is 0.0127. The van der Waals surface area contributed by atoms with Gasteiger partial charge in [-0.1, -0.05) is 20.8 Å². The Labute approximate surface area is 65.8 Å². The quantitative estimate of drug-likeness (QED) is 0.626. The topological polar surface area (TPSA) is 17.1 Å². The Kier molecular flexibility index (Phi) is 3.63. The second-order valence-corrected chi connectivity index (χ2v) is 3.60. The van der Waals surface area contributed by atoms with E-state index in [9.17, 15) is 13.6 Å². The fourth-order valence-corrected chi connectivity index (χ4v) is 0.615. The van der Waals surface area contributed by atoms with Gasteiger partial charge in [-0.2, -0.15) is 0 Å². The van der Waals surface area contributed by atoms with Crippen molar-refractivity contribution < 1.29 is 13.6 Å². The van der Waals surface area contributed by atoms with E-state index in [1.807, 2.05) is 0 Å². The molecule has 0 rings (SSSR count). The molecule has 0 aromatic heterocycles. The van der Waals surface area contributed by atoms with Gasteiger partial charge in [0.1, 0.15) is 5.78 Å². The Morgan fingerprint density at radius 1 is 1.36 bits per heavy atom. The SMILES string of the molecule is CC(C)(C)C(=O)CCC(F)F. The number of carbonyl (C=O) groups is 1. The maximum atomic E-state index is 11.6. The number of hydrogen-bond donors (Lipinski definition) is 0. The van der Waals surface area contributed by atoms with Crippen LogP contribution in [0.2, 0.25) is 0 Å². The highest BCUT2D eigenvalue weighted by atomic mass is 19.3. The van der Waals surface area contributed by atoms with Crippen molar-refractivity contribution in [2.75, 3.05) is 0 Å². The third-order valence-electron chi connectivity index (χ3n) is 1.43. The van der Waals surface area contributed by atoms with Gasteiger partial charge in [0, 0.05) is 18.3 Å². The molecular formula is C8H14F2O. The summed E-state index contributed by atoms with van der Waals surface area (Å²) >= 11 is 0. The first-order valence-corrected chi connectivity index (χ1v) is 3.65. The van der Waals surface area contributed by atoms with Crippen molar-refractivity contribution in [3.05, 3.63) is 0 Å². The van der Waals surface area contributed by atoms with Crippen molar-refractivity contribution in [1.29, 1.82) is 0 Å². The van der Waals surface area contributed by atoms with Crippen molar-refractivity contribution in [2.24, 2.45) is 5.41 Å². The zero-order valence-corrected chi connectivity index (χ0v) is 7.16. The first-order chi connectivity index (χ1) is 4.84. The van der Waals surface area contributed by atoms with E-state index in [1.165, 1.54) is 0 Å². The van der Waals surface area contributed by atoms with Gasteiger partial charge in [0.05, 0.1) is 0 Å². The normalized spacial score (nSPS) is 12.2. The summed E-state index contributed by atoms with van der Waals surface area (Å²) < 4.78 is 23.3. The van der Waals surface area contributed by atoms with Crippen LogP contribution in [0.3, 0.4) is 0 Å². The third-order valence-corrected chi connectivity index (χ3v) is 1.43. The van der Waals surface area contributed by atoms with Crippen molar-refractivity contribution >= 4 is 5.78 Å². The van der Waals surface area contributed by atoms with Gasteiger partial charge in [0.15, 0.2) is 0 Å². The molecular weight excluding hydrogens is 150 g/mol. The fourth-order valence-electron chi connectivity index (χ4n) is 0.615. The maximum absolute atomic E-state index is 11.6. The summed E-state index contributed by atoms with van der Waals surface area (Å²) in [5.41, 5.74) is -0.477. The molecule has 0 amide bonds. The molecule has 0 saturated heterocycles. The molecule has 0 spiro atoms. The van der Waals surface area contributed by atoms with Crippen LogP contribution < -0.4 is 0 Å². The number of hydrogen-bond acceptors (Lipinski definition) is 1. The first kappa shape index (κ1) is 10.5. The predicted molar refractivity (Wildman–Crippen MR) is 39.7 cm³/mol. The summed E-state index contributed by atoms with van der Waals surface area (Å²) in [6.07, 6.45) is -2.68. The van der Waals surface area contributed by atoms with E-state index in [2.05, 4.69) is 0 Å². The number of halogens is 2. The van der Waals surface area contributed by atoms with Gasteiger partial charge in [-0.05, 0) is 0 Å². The molecule has 0 atom stereocenters. The zero-order valence-electron chi connectivity index (χ0n) is 7.16. The highest BCUT2D eigenvalue weighted by Crippen LogP contribution is 2.18. The molecule has 0 bridgehead atoms. The van der Waals surface area contributed by atoms with Gasteiger partial charge >= 0.3 is 0 Å². The lowest BCUT2D eigenvalue weighted by Crippen LogP contribution is -2.20. The van der Waals surface area contributed by atoms with Gasteiger partial charge in [-0.25, -0.2) is 8.78 Å². The van der Waals surface area contributed by atoms with Crippen LogP contribution in [-0.2, 0) is 4.79 Å². The number of carbonyl (C=O) groups excluding carboxylic acids is 1. The summed E-state index contributed by atoms with van der Waals surface area (Å²) in [6.45, 7) is 5.21. The van der Waals surface area contributed by atoms with Crippen LogP contribution in [-0.4, -0.2) is 12.2 Å². The maximum Gasteiger partial charge on any atom is 0.239 e. The second-order valence-electron chi connectivity index (χ2n) is 3.60. The summed E-state index contributed by atoms with van der Waals surface area (Å²) in [5.74, 6) is -0.0993. The largest absolute Gasteiger partial charge is 0.299 e. The van der Waals surface area contributed by atoms with Crippen LogP contribution in [0.5, 0.6) is 0 Å². The predicted octanol–water partition coefficient (Wildman–Crippen LogP) is 2.65. The Morgan fingerprint density at radius 2 is 1.82 bits per heavy atom. The fraction of sp³-hybridized carbons (Fsp3) is 0.875. The first-order valence-electron chi connectivity index (χ1n) is 3.65. The molecule has 3 heteroatoms. The molecule has 0 unspecified atom stereocenters. The molecule has 1 nitrogen and oxygen atoms in total. The van der Waals surface area contributed by atoms with Gasteiger partial charge in [0.25, 0.3) is 0 Å².